The Kier molecular flexibility index (Phi) is 16.7. The van der Waals surface area contributed by atoms with Gasteiger partial charge < -0.3 is 10.1 Å². The van der Waals surface area contributed by atoms with E-state index in [9.17, 15) is 9.59 Å². The van der Waals surface area contributed by atoms with Crippen molar-refractivity contribution in [1.29, 1.82) is 0 Å². The van der Waals surface area contributed by atoms with E-state index in [2.05, 4.69) is 19.2 Å². The molecule has 4 heteroatoms. The third-order valence-electron chi connectivity index (χ3n) is 4.33. The minimum absolute atomic E-state index is 0.0515. The average molecular weight is 364 g/mol. The van der Waals surface area contributed by atoms with Crippen LogP contribution in [0.1, 0.15) is 84.0 Å². The van der Waals surface area contributed by atoms with E-state index in [1.165, 1.54) is 46.0 Å². The molecule has 1 amide bonds. The number of nitrogens with one attached hydrogen (secondary N) is 1. The minimum atomic E-state index is -0.172. The van der Waals surface area contributed by atoms with Crippen molar-refractivity contribution in [2.75, 3.05) is 5.32 Å². The van der Waals surface area contributed by atoms with Crippen LogP contribution in [0, 0.1) is 11.8 Å². The SMILES string of the molecule is C=O.CC.CC(=O)Nc1ccccc1C(C)=O.CCC1CCC(C)CC1. The maximum Gasteiger partial charge on any atom is 0.221 e. The fourth-order valence-electron chi connectivity index (χ4n) is 2.83. The van der Waals surface area contributed by atoms with Crippen LogP contribution in [0.3, 0.4) is 0 Å². The number of carbonyl (C=O) groups excluding carboxylic acids is 3. The molecule has 148 valence electrons. The van der Waals surface area contributed by atoms with Crippen molar-refractivity contribution in [2.45, 2.75) is 73.6 Å². The predicted octanol–water partition coefficient (Wildman–Crippen LogP) is 5.91. The van der Waals surface area contributed by atoms with Gasteiger partial charge in [-0.2, -0.15) is 0 Å². The monoisotopic (exact) mass is 363 g/mol. The fraction of sp³-hybridized carbons (Fsp3) is 0.591. The normalized spacial score (nSPS) is 17.8. The van der Waals surface area contributed by atoms with Crippen LogP contribution >= 0.6 is 0 Å². The van der Waals surface area contributed by atoms with Gasteiger partial charge in [-0.3, -0.25) is 9.59 Å². The Morgan fingerprint density at radius 3 is 1.96 bits per heavy atom. The lowest BCUT2D eigenvalue weighted by Gasteiger charge is -2.24. The highest BCUT2D eigenvalue weighted by molar-refractivity contribution is 6.03. The van der Waals surface area contributed by atoms with Crippen molar-refractivity contribution in [2.24, 2.45) is 11.8 Å². The van der Waals surface area contributed by atoms with Gasteiger partial charge in [0.2, 0.25) is 5.91 Å². The Labute approximate surface area is 159 Å². The number of para-hydroxylation sites is 1. The maximum absolute atomic E-state index is 11.1. The van der Waals surface area contributed by atoms with Crippen LogP contribution in [0.15, 0.2) is 24.3 Å². The molecule has 1 fully saturated rings. The number of rotatable bonds is 3. The fourth-order valence-corrected chi connectivity index (χ4v) is 2.83. The summed E-state index contributed by atoms with van der Waals surface area (Å²) in [6, 6.07) is 6.94. The van der Waals surface area contributed by atoms with Gasteiger partial charge in [0.25, 0.3) is 0 Å². The zero-order chi connectivity index (χ0) is 20.5. The number of anilines is 1. The molecule has 1 saturated carbocycles. The van der Waals surface area contributed by atoms with Gasteiger partial charge in [0.1, 0.15) is 6.79 Å². The second-order valence-corrected chi connectivity index (χ2v) is 6.32. The topological polar surface area (TPSA) is 63.2 Å². The molecular formula is C22H37NO3. The summed E-state index contributed by atoms with van der Waals surface area (Å²) in [6.45, 7) is 13.6. The number of hydrogen-bond acceptors (Lipinski definition) is 3. The summed E-state index contributed by atoms with van der Waals surface area (Å²) >= 11 is 0. The Balaban J connectivity index is 0. The second kappa shape index (κ2) is 16.5. The highest BCUT2D eigenvalue weighted by Crippen LogP contribution is 2.29. The molecule has 0 heterocycles. The molecule has 1 aromatic rings. The van der Waals surface area contributed by atoms with Crippen LogP contribution < -0.4 is 5.32 Å². The third-order valence-corrected chi connectivity index (χ3v) is 4.33. The van der Waals surface area contributed by atoms with Gasteiger partial charge in [-0.05, 0) is 30.9 Å². The Hall–Kier alpha value is -1.97. The van der Waals surface area contributed by atoms with E-state index in [1.807, 2.05) is 20.6 Å². The first-order chi connectivity index (χ1) is 12.4. The molecule has 0 aromatic heterocycles. The molecule has 0 aliphatic heterocycles. The molecule has 0 radical (unpaired) electrons. The van der Waals surface area contributed by atoms with Crippen LogP contribution in [-0.4, -0.2) is 18.5 Å². The van der Waals surface area contributed by atoms with Crippen LogP contribution in [0.5, 0.6) is 0 Å². The number of carbonyl (C=O) groups is 3. The molecule has 4 nitrogen and oxygen atoms in total. The number of ketones is 1. The van der Waals surface area contributed by atoms with E-state index < -0.39 is 0 Å². The summed E-state index contributed by atoms with van der Waals surface area (Å²) in [7, 11) is 0. The lowest BCUT2D eigenvalue weighted by Crippen LogP contribution is -2.10. The molecule has 1 aromatic carbocycles. The first-order valence-electron chi connectivity index (χ1n) is 9.60. The standard InChI is InChI=1S/C10H11NO2.C9H18.C2H6.CH2O/c1-7(12)9-5-3-4-6-10(9)11-8(2)13;1-3-9-6-4-8(2)5-7-9;2*1-2/h3-6H,1-2H3,(H,11,13);8-9H,3-7H2,1-2H3;1-2H3;1H2. The summed E-state index contributed by atoms with van der Waals surface area (Å²) < 4.78 is 0. The van der Waals surface area contributed by atoms with E-state index in [0.29, 0.717) is 11.3 Å². The van der Waals surface area contributed by atoms with Crippen LogP contribution in [0.2, 0.25) is 0 Å². The molecule has 0 unspecified atom stereocenters. The smallest absolute Gasteiger partial charge is 0.221 e. The van der Waals surface area contributed by atoms with Crippen molar-refractivity contribution in [1.82, 2.24) is 0 Å². The van der Waals surface area contributed by atoms with Gasteiger partial charge in [-0.25, -0.2) is 0 Å². The Morgan fingerprint density at radius 1 is 1.04 bits per heavy atom. The summed E-state index contributed by atoms with van der Waals surface area (Å²) in [4.78, 5) is 29.9. The number of hydrogen-bond donors (Lipinski definition) is 1. The largest absolute Gasteiger partial charge is 0.326 e. The predicted molar refractivity (Wildman–Crippen MR) is 111 cm³/mol. The van der Waals surface area contributed by atoms with Crippen molar-refractivity contribution in [3.05, 3.63) is 29.8 Å². The number of benzene rings is 1. The Morgan fingerprint density at radius 2 is 1.54 bits per heavy atom. The first-order valence-corrected chi connectivity index (χ1v) is 9.60. The molecule has 0 bridgehead atoms. The Bertz CT molecular complexity index is 506. The van der Waals surface area contributed by atoms with E-state index >= 15 is 0 Å². The molecule has 26 heavy (non-hydrogen) atoms. The van der Waals surface area contributed by atoms with E-state index in [0.717, 1.165) is 11.8 Å². The molecule has 0 saturated heterocycles. The quantitative estimate of drug-likeness (QED) is 0.679. The lowest BCUT2D eigenvalue weighted by atomic mass is 9.82. The van der Waals surface area contributed by atoms with Gasteiger partial charge in [0.15, 0.2) is 5.78 Å². The van der Waals surface area contributed by atoms with Gasteiger partial charge in [0.05, 0.1) is 5.69 Å². The number of amides is 1. The van der Waals surface area contributed by atoms with Crippen LogP contribution in [0.25, 0.3) is 0 Å². The minimum Gasteiger partial charge on any atom is -0.326 e. The summed E-state index contributed by atoms with van der Waals surface area (Å²) in [5, 5.41) is 2.59. The molecule has 0 spiro atoms. The molecular weight excluding hydrogens is 326 g/mol. The molecule has 0 atom stereocenters. The second-order valence-electron chi connectivity index (χ2n) is 6.32. The number of Topliss-reactive ketones (excluding diaryl/α,β-unsaturated/α-hetero) is 1. The summed E-state index contributed by atoms with van der Waals surface area (Å²) in [6.07, 6.45) is 7.37. The van der Waals surface area contributed by atoms with E-state index in [4.69, 9.17) is 4.79 Å². The van der Waals surface area contributed by atoms with Crippen molar-refractivity contribution < 1.29 is 14.4 Å². The van der Waals surface area contributed by atoms with Crippen LogP contribution in [0.4, 0.5) is 5.69 Å². The molecule has 1 aliphatic carbocycles. The van der Waals surface area contributed by atoms with Gasteiger partial charge in [-0.1, -0.05) is 71.9 Å². The summed E-state index contributed by atoms with van der Waals surface area (Å²) in [5.74, 6) is 1.87. The molecule has 1 aliphatic rings. The maximum atomic E-state index is 11.1. The first kappa shape index (κ1) is 26.3. The zero-order valence-corrected chi connectivity index (χ0v) is 17.4. The van der Waals surface area contributed by atoms with E-state index in [1.54, 1.807) is 24.3 Å². The zero-order valence-electron chi connectivity index (χ0n) is 17.4. The van der Waals surface area contributed by atoms with Gasteiger partial charge in [0, 0.05) is 12.5 Å². The molecule has 2 rings (SSSR count). The van der Waals surface area contributed by atoms with Crippen molar-refractivity contribution in [3.8, 4) is 0 Å². The van der Waals surface area contributed by atoms with E-state index in [-0.39, 0.29) is 11.7 Å². The van der Waals surface area contributed by atoms with Crippen LogP contribution in [-0.2, 0) is 9.59 Å². The third kappa shape index (κ3) is 11.6. The highest BCUT2D eigenvalue weighted by Gasteiger charge is 2.15. The van der Waals surface area contributed by atoms with Crippen molar-refractivity contribution >= 4 is 24.2 Å². The van der Waals surface area contributed by atoms with Crippen molar-refractivity contribution in [3.63, 3.8) is 0 Å². The van der Waals surface area contributed by atoms with Gasteiger partial charge in [-0.15, -0.1) is 0 Å². The van der Waals surface area contributed by atoms with Gasteiger partial charge >= 0.3 is 0 Å². The lowest BCUT2D eigenvalue weighted by molar-refractivity contribution is -0.114. The molecule has 1 N–H and O–H groups in total. The average Bonchev–Trinajstić information content (AvgIpc) is 2.66. The summed E-state index contributed by atoms with van der Waals surface area (Å²) in [5.41, 5.74) is 1.11. The highest BCUT2D eigenvalue weighted by atomic mass is 16.1.